The van der Waals surface area contributed by atoms with E-state index in [2.05, 4.69) is 31.3 Å². The molecule has 0 aliphatic rings. The number of unbranched alkanes of at least 4 members (excludes halogenated alkanes) is 41. The van der Waals surface area contributed by atoms with Crippen molar-refractivity contribution in [1.29, 1.82) is 0 Å². The zero-order valence-electron chi connectivity index (χ0n) is 46.8. The van der Waals surface area contributed by atoms with Crippen molar-refractivity contribution in [2.45, 2.75) is 315 Å². The van der Waals surface area contributed by atoms with Crippen LogP contribution < -0.4 is 10.2 Å². The summed E-state index contributed by atoms with van der Waals surface area (Å²) in [6.45, 7) is 4.58. The highest BCUT2D eigenvalue weighted by molar-refractivity contribution is 7.45. The van der Waals surface area contributed by atoms with Gasteiger partial charge in [0.15, 0.2) is 0 Å². The van der Waals surface area contributed by atoms with Crippen LogP contribution in [0.15, 0.2) is 24.3 Å². The molecule has 0 bridgehead atoms. The number of phosphoric ester groups is 1. The lowest BCUT2D eigenvalue weighted by molar-refractivity contribution is -0.870. The first-order valence-corrected chi connectivity index (χ1v) is 31.7. The third-order valence-electron chi connectivity index (χ3n) is 13.9. The Morgan fingerprint density at radius 2 is 0.812 bits per heavy atom. The number of nitrogens with one attached hydrogen (secondary N) is 1. The van der Waals surface area contributed by atoms with Crippen LogP contribution in [0.3, 0.4) is 0 Å². The second-order valence-corrected chi connectivity index (χ2v) is 23.5. The van der Waals surface area contributed by atoms with Crippen LogP contribution in [-0.4, -0.2) is 68.5 Å². The van der Waals surface area contributed by atoms with E-state index < -0.39 is 20.0 Å². The molecule has 0 radical (unpaired) electrons. The molecule has 0 fully saturated rings. The summed E-state index contributed by atoms with van der Waals surface area (Å²) in [5.41, 5.74) is 0. The first kappa shape index (κ1) is 68.0. The summed E-state index contributed by atoms with van der Waals surface area (Å²) >= 11 is 0. The van der Waals surface area contributed by atoms with E-state index >= 15 is 0 Å². The smallest absolute Gasteiger partial charge is 0.268 e. The molecular weight excluding hydrogens is 876 g/mol. The van der Waals surface area contributed by atoms with Gasteiger partial charge in [-0.3, -0.25) is 9.36 Å². The molecule has 0 rings (SSSR count). The molecule has 3 atom stereocenters. The van der Waals surface area contributed by atoms with Gasteiger partial charge in [-0.15, -0.1) is 0 Å². The average molecular weight is 996 g/mol. The van der Waals surface area contributed by atoms with E-state index in [-0.39, 0.29) is 19.1 Å². The highest BCUT2D eigenvalue weighted by Gasteiger charge is 2.23. The van der Waals surface area contributed by atoms with Crippen molar-refractivity contribution in [2.75, 3.05) is 40.9 Å². The number of likely N-dealkylation sites (N-methyl/N-ethyl adjacent to an activating group) is 1. The molecule has 0 saturated heterocycles. The van der Waals surface area contributed by atoms with Crippen LogP contribution in [0.25, 0.3) is 0 Å². The lowest BCUT2D eigenvalue weighted by Crippen LogP contribution is -2.45. The van der Waals surface area contributed by atoms with Crippen molar-refractivity contribution in [2.24, 2.45) is 0 Å². The Kier molecular flexibility index (Phi) is 51.1. The molecule has 410 valence electrons. The van der Waals surface area contributed by atoms with Crippen LogP contribution in [-0.2, 0) is 18.4 Å². The largest absolute Gasteiger partial charge is 0.756 e. The molecule has 0 spiro atoms. The Labute approximate surface area is 430 Å². The van der Waals surface area contributed by atoms with Crippen molar-refractivity contribution in [3.63, 3.8) is 0 Å². The van der Waals surface area contributed by atoms with Crippen LogP contribution in [0.5, 0.6) is 0 Å². The topological polar surface area (TPSA) is 108 Å². The summed E-state index contributed by atoms with van der Waals surface area (Å²) < 4.78 is 23.2. The number of phosphoric acid groups is 1. The zero-order chi connectivity index (χ0) is 50.6. The van der Waals surface area contributed by atoms with Gasteiger partial charge < -0.3 is 28.8 Å². The second-order valence-electron chi connectivity index (χ2n) is 22.1. The molecule has 3 unspecified atom stereocenters. The van der Waals surface area contributed by atoms with Crippen LogP contribution in [0.1, 0.15) is 303 Å². The highest BCUT2D eigenvalue weighted by Crippen LogP contribution is 2.38. The van der Waals surface area contributed by atoms with Crippen LogP contribution in [0.2, 0.25) is 0 Å². The Balaban J connectivity index is 3.72. The van der Waals surface area contributed by atoms with Gasteiger partial charge >= 0.3 is 0 Å². The van der Waals surface area contributed by atoms with Gasteiger partial charge in [-0.1, -0.05) is 295 Å². The SMILES string of the molecule is CCCC/C=C/CC/C=C/C(O)C(COP(=O)([O-])OCC[N+](C)(C)C)NC(=O)CCCCCCCCCCCCCCCCCCCCCCCCCCCCCCCCCCCCCCCCC. The van der Waals surface area contributed by atoms with E-state index in [0.717, 1.165) is 38.5 Å². The van der Waals surface area contributed by atoms with Gasteiger partial charge in [0.25, 0.3) is 7.82 Å². The number of carbonyl (C=O) groups is 1. The third kappa shape index (κ3) is 54.6. The second kappa shape index (κ2) is 51.9. The molecule has 8 nitrogen and oxygen atoms in total. The zero-order valence-corrected chi connectivity index (χ0v) is 47.7. The van der Waals surface area contributed by atoms with Gasteiger partial charge in [-0.2, -0.15) is 0 Å². The summed E-state index contributed by atoms with van der Waals surface area (Å²) in [7, 11) is 1.25. The molecule has 0 heterocycles. The number of nitrogens with zero attached hydrogens (tertiary/aromatic N) is 1. The van der Waals surface area contributed by atoms with Gasteiger partial charge in [0, 0.05) is 6.42 Å². The average Bonchev–Trinajstić information content (AvgIpc) is 3.31. The van der Waals surface area contributed by atoms with E-state index in [1.54, 1.807) is 6.08 Å². The number of allylic oxidation sites excluding steroid dienone is 3. The standard InChI is InChI=1S/C60H119N2O6P/c1-6-8-10-12-14-16-17-18-19-20-21-22-23-24-25-26-27-28-29-30-31-32-33-34-35-36-37-38-39-40-41-42-43-44-45-46-48-50-52-54-60(64)61-58(57-68-69(65,66)67-56-55-62(3,4)5)59(63)53-51-49-47-15-13-11-9-7-2/h13,15,51,53,58-59,63H,6-12,14,16-50,52,54-57H2,1-5H3,(H-,61,64,65,66)/b15-13+,53-51+. The molecule has 0 aromatic carbocycles. The number of hydrogen-bond acceptors (Lipinski definition) is 6. The molecule has 1 amide bonds. The van der Waals surface area contributed by atoms with Gasteiger partial charge in [0.05, 0.1) is 39.9 Å². The first-order valence-electron chi connectivity index (χ1n) is 30.2. The van der Waals surface area contributed by atoms with Crippen LogP contribution in [0, 0.1) is 0 Å². The van der Waals surface area contributed by atoms with E-state index in [9.17, 15) is 19.4 Å². The Morgan fingerprint density at radius 3 is 1.16 bits per heavy atom. The van der Waals surface area contributed by atoms with Crippen molar-refractivity contribution in [3.05, 3.63) is 24.3 Å². The molecule has 0 saturated carbocycles. The summed E-state index contributed by atoms with van der Waals surface area (Å²) in [6.07, 6.45) is 66.2. The quantitative estimate of drug-likeness (QED) is 0.0272. The summed E-state index contributed by atoms with van der Waals surface area (Å²) in [5, 5.41) is 13.7. The minimum absolute atomic E-state index is 0.00464. The molecule has 0 aromatic rings. The molecular formula is C60H119N2O6P. The maximum atomic E-state index is 12.9. The molecule has 69 heavy (non-hydrogen) atoms. The minimum atomic E-state index is -4.59. The summed E-state index contributed by atoms with van der Waals surface area (Å²) in [6, 6.07) is -0.897. The number of aliphatic hydroxyl groups excluding tert-OH is 1. The molecule has 9 heteroatoms. The first-order chi connectivity index (χ1) is 33.5. The maximum Gasteiger partial charge on any atom is 0.268 e. The fourth-order valence-electron chi connectivity index (χ4n) is 9.16. The van der Waals surface area contributed by atoms with Crippen molar-refractivity contribution in [1.82, 2.24) is 5.32 Å². The number of amides is 1. The number of aliphatic hydroxyl groups is 1. The Morgan fingerprint density at radius 1 is 0.493 bits per heavy atom. The number of rotatable bonds is 56. The molecule has 0 aromatic heterocycles. The lowest BCUT2D eigenvalue weighted by atomic mass is 10.0. The summed E-state index contributed by atoms with van der Waals surface area (Å²) in [4.78, 5) is 25.3. The number of carbonyl (C=O) groups excluding carboxylic acids is 1. The van der Waals surface area contributed by atoms with Crippen molar-refractivity contribution in [3.8, 4) is 0 Å². The predicted octanol–water partition coefficient (Wildman–Crippen LogP) is 17.7. The fraction of sp³-hybridized carbons (Fsp3) is 0.917. The van der Waals surface area contributed by atoms with Gasteiger partial charge in [-0.25, -0.2) is 0 Å². The highest BCUT2D eigenvalue weighted by atomic mass is 31.2. The van der Waals surface area contributed by atoms with E-state index in [1.165, 1.54) is 244 Å². The minimum Gasteiger partial charge on any atom is -0.756 e. The normalized spacial score (nSPS) is 14.0. The van der Waals surface area contributed by atoms with Crippen molar-refractivity contribution < 1.29 is 32.9 Å². The van der Waals surface area contributed by atoms with Crippen LogP contribution in [0.4, 0.5) is 0 Å². The number of hydrogen-bond donors (Lipinski definition) is 2. The number of quaternary nitrogens is 1. The fourth-order valence-corrected chi connectivity index (χ4v) is 9.88. The van der Waals surface area contributed by atoms with Crippen molar-refractivity contribution >= 4 is 13.7 Å². The van der Waals surface area contributed by atoms with Gasteiger partial charge in [0.2, 0.25) is 5.91 Å². The predicted molar refractivity (Wildman–Crippen MR) is 298 cm³/mol. The molecule has 0 aliphatic carbocycles. The van der Waals surface area contributed by atoms with Gasteiger partial charge in [-0.05, 0) is 25.7 Å². The van der Waals surface area contributed by atoms with Crippen LogP contribution >= 0.6 is 7.82 Å². The van der Waals surface area contributed by atoms with E-state index in [4.69, 9.17) is 9.05 Å². The lowest BCUT2D eigenvalue weighted by Gasteiger charge is -2.29. The van der Waals surface area contributed by atoms with Gasteiger partial charge in [0.1, 0.15) is 13.2 Å². The monoisotopic (exact) mass is 995 g/mol. The third-order valence-corrected chi connectivity index (χ3v) is 14.9. The summed E-state index contributed by atoms with van der Waals surface area (Å²) in [5.74, 6) is -0.205. The van der Waals surface area contributed by atoms with E-state index in [1.807, 2.05) is 27.2 Å². The molecule has 2 N–H and O–H groups in total. The Hall–Kier alpha value is -1.02. The Bertz CT molecular complexity index is 1170. The van der Waals surface area contributed by atoms with E-state index in [0.29, 0.717) is 17.4 Å². The maximum absolute atomic E-state index is 12.9. The molecule has 0 aliphatic heterocycles.